The van der Waals surface area contributed by atoms with Crippen molar-refractivity contribution in [3.63, 3.8) is 0 Å². The van der Waals surface area contributed by atoms with Crippen LogP contribution in [0.1, 0.15) is 32.6 Å². The Labute approximate surface area is 157 Å². The summed E-state index contributed by atoms with van der Waals surface area (Å²) in [5.41, 5.74) is 0.761. The standard InChI is InChI=1S/C18H25N5O2S/c1-12-7-3-5-9-14(12)20-16(24)11-26-18-22-21-17(23(18)19)13-8-4-6-10-15(13)25-2/h4,6,8,10,12,14H,3,5,7,9,11,19H2,1-2H3,(H,20,24)/t12-,14-/m0/s1. The number of thioether (sulfide) groups is 1. The summed E-state index contributed by atoms with van der Waals surface area (Å²) in [6, 6.07) is 7.76. The summed E-state index contributed by atoms with van der Waals surface area (Å²) in [5.74, 6) is 8.13. The molecule has 0 unspecified atom stereocenters. The van der Waals surface area contributed by atoms with Gasteiger partial charge in [-0.15, -0.1) is 10.2 Å². The summed E-state index contributed by atoms with van der Waals surface area (Å²) < 4.78 is 6.75. The number of nitrogens with zero attached hydrogens (tertiary/aromatic N) is 3. The van der Waals surface area contributed by atoms with Gasteiger partial charge < -0.3 is 15.9 Å². The fourth-order valence-electron chi connectivity index (χ4n) is 3.30. The molecule has 26 heavy (non-hydrogen) atoms. The number of carbonyl (C=O) groups excluding carboxylic acids is 1. The van der Waals surface area contributed by atoms with Crippen molar-refractivity contribution in [1.82, 2.24) is 20.2 Å². The van der Waals surface area contributed by atoms with Gasteiger partial charge in [-0.25, -0.2) is 4.68 Å². The van der Waals surface area contributed by atoms with E-state index in [1.165, 1.54) is 35.7 Å². The van der Waals surface area contributed by atoms with E-state index in [0.29, 0.717) is 22.6 Å². The molecule has 1 aliphatic rings. The molecule has 0 bridgehead atoms. The van der Waals surface area contributed by atoms with Crippen LogP contribution in [0.25, 0.3) is 11.4 Å². The molecule has 1 amide bonds. The summed E-state index contributed by atoms with van der Waals surface area (Å²) in [7, 11) is 1.60. The number of methoxy groups -OCH3 is 1. The van der Waals surface area contributed by atoms with Gasteiger partial charge in [-0.1, -0.05) is 43.7 Å². The van der Waals surface area contributed by atoms with E-state index in [1.54, 1.807) is 7.11 Å². The highest BCUT2D eigenvalue weighted by Gasteiger charge is 2.23. The average molecular weight is 375 g/mol. The lowest BCUT2D eigenvalue weighted by Gasteiger charge is -2.29. The fourth-order valence-corrected chi connectivity index (χ4v) is 3.97. The van der Waals surface area contributed by atoms with Gasteiger partial charge in [0.25, 0.3) is 0 Å². The second-order valence-electron chi connectivity index (χ2n) is 6.60. The van der Waals surface area contributed by atoms with Gasteiger partial charge in [-0.3, -0.25) is 4.79 Å². The Morgan fingerprint density at radius 2 is 2.12 bits per heavy atom. The quantitative estimate of drug-likeness (QED) is 0.595. The number of amides is 1. The predicted octanol–water partition coefficient (Wildman–Crippen LogP) is 2.45. The minimum absolute atomic E-state index is 0.00981. The zero-order valence-corrected chi connectivity index (χ0v) is 16.0. The van der Waals surface area contributed by atoms with Crippen molar-refractivity contribution in [2.75, 3.05) is 18.7 Å². The number of hydrogen-bond acceptors (Lipinski definition) is 6. The Morgan fingerprint density at radius 3 is 2.88 bits per heavy atom. The highest BCUT2D eigenvalue weighted by molar-refractivity contribution is 7.99. The first-order chi connectivity index (χ1) is 12.6. The summed E-state index contributed by atoms with van der Waals surface area (Å²) in [5, 5.41) is 11.9. The summed E-state index contributed by atoms with van der Waals surface area (Å²) in [4.78, 5) is 12.3. The molecule has 140 valence electrons. The Hall–Kier alpha value is -2.22. The molecule has 1 heterocycles. The van der Waals surface area contributed by atoms with Crippen molar-refractivity contribution in [2.24, 2.45) is 5.92 Å². The van der Waals surface area contributed by atoms with E-state index in [-0.39, 0.29) is 17.7 Å². The number of nitrogens with one attached hydrogen (secondary N) is 1. The number of carbonyl (C=O) groups is 1. The molecule has 1 aromatic carbocycles. The smallest absolute Gasteiger partial charge is 0.230 e. The van der Waals surface area contributed by atoms with Crippen LogP contribution < -0.4 is 15.9 Å². The van der Waals surface area contributed by atoms with Crippen molar-refractivity contribution in [3.05, 3.63) is 24.3 Å². The number of ether oxygens (including phenoxy) is 1. The van der Waals surface area contributed by atoms with E-state index in [9.17, 15) is 4.79 Å². The van der Waals surface area contributed by atoms with Gasteiger partial charge in [-0.05, 0) is 30.9 Å². The molecule has 0 spiro atoms. The van der Waals surface area contributed by atoms with E-state index >= 15 is 0 Å². The third kappa shape index (κ3) is 4.12. The first-order valence-corrected chi connectivity index (χ1v) is 9.84. The summed E-state index contributed by atoms with van der Waals surface area (Å²) >= 11 is 1.29. The molecule has 0 radical (unpaired) electrons. The van der Waals surface area contributed by atoms with Crippen LogP contribution in [0.4, 0.5) is 0 Å². The van der Waals surface area contributed by atoms with Crippen LogP contribution >= 0.6 is 11.8 Å². The lowest BCUT2D eigenvalue weighted by Crippen LogP contribution is -2.41. The molecular formula is C18H25N5O2S. The Bertz CT molecular complexity index is 764. The van der Waals surface area contributed by atoms with Crippen molar-refractivity contribution < 1.29 is 9.53 Å². The second-order valence-corrected chi connectivity index (χ2v) is 7.54. The number of hydrogen-bond donors (Lipinski definition) is 2. The Balaban J connectivity index is 1.62. The van der Waals surface area contributed by atoms with E-state index in [2.05, 4.69) is 22.4 Å². The van der Waals surface area contributed by atoms with Crippen LogP contribution in [0.2, 0.25) is 0 Å². The molecule has 2 atom stereocenters. The summed E-state index contributed by atoms with van der Waals surface area (Å²) in [6.45, 7) is 2.20. The van der Waals surface area contributed by atoms with Crippen molar-refractivity contribution in [2.45, 2.75) is 43.8 Å². The monoisotopic (exact) mass is 375 g/mol. The summed E-state index contributed by atoms with van der Waals surface area (Å²) in [6.07, 6.45) is 4.67. The molecule has 7 nitrogen and oxygen atoms in total. The molecular weight excluding hydrogens is 350 g/mol. The van der Waals surface area contributed by atoms with Crippen LogP contribution in [0.3, 0.4) is 0 Å². The van der Waals surface area contributed by atoms with Gasteiger partial charge in [0, 0.05) is 6.04 Å². The minimum atomic E-state index is 0.00981. The normalized spacial score (nSPS) is 19.9. The number of nitrogens with two attached hydrogens (primary N) is 1. The number of benzene rings is 1. The molecule has 3 N–H and O–H groups in total. The minimum Gasteiger partial charge on any atom is -0.496 e. The second kappa shape index (κ2) is 8.44. The Kier molecular flexibility index (Phi) is 6.03. The van der Waals surface area contributed by atoms with E-state index in [1.807, 2.05) is 24.3 Å². The molecule has 8 heteroatoms. The number of para-hydroxylation sites is 1. The molecule has 3 rings (SSSR count). The van der Waals surface area contributed by atoms with Gasteiger partial charge >= 0.3 is 0 Å². The maximum absolute atomic E-state index is 12.3. The van der Waals surface area contributed by atoms with Gasteiger partial charge in [0.1, 0.15) is 5.75 Å². The topological polar surface area (TPSA) is 95.1 Å². The SMILES string of the molecule is COc1ccccc1-c1nnc(SCC(=O)N[C@H]2CCCC[C@@H]2C)n1N. The molecule has 1 fully saturated rings. The van der Waals surface area contributed by atoms with Crippen LogP contribution in [0.15, 0.2) is 29.4 Å². The van der Waals surface area contributed by atoms with Crippen molar-refractivity contribution in [3.8, 4) is 17.1 Å². The van der Waals surface area contributed by atoms with Crippen molar-refractivity contribution >= 4 is 17.7 Å². The van der Waals surface area contributed by atoms with Gasteiger partial charge in [0.2, 0.25) is 11.1 Å². The highest BCUT2D eigenvalue weighted by atomic mass is 32.2. The maximum atomic E-state index is 12.3. The van der Waals surface area contributed by atoms with E-state index in [4.69, 9.17) is 10.6 Å². The van der Waals surface area contributed by atoms with Gasteiger partial charge in [0.15, 0.2) is 5.82 Å². The average Bonchev–Trinajstić information content (AvgIpc) is 3.02. The van der Waals surface area contributed by atoms with Crippen LogP contribution in [0.5, 0.6) is 5.75 Å². The highest BCUT2D eigenvalue weighted by Crippen LogP contribution is 2.29. The number of nitrogen functional groups attached to an aromatic ring is 1. The molecule has 0 aliphatic heterocycles. The van der Waals surface area contributed by atoms with Crippen molar-refractivity contribution in [1.29, 1.82) is 0 Å². The zero-order valence-electron chi connectivity index (χ0n) is 15.1. The third-order valence-corrected chi connectivity index (χ3v) is 5.75. The fraction of sp³-hybridized carbons (Fsp3) is 0.500. The van der Waals surface area contributed by atoms with Crippen LogP contribution in [-0.4, -0.2) is 39.7 Å². The molecule has 1 aliphatic carbocycles. The lowest BCUT2D eigenvalue weighted by atomic mass is 9.86. The largest absolute Gasteiger partial charge is 0.496 e. The maximum Gasteiger partial charge on any atom is 0.230 e. The lowest BCUT2D eigenvalue weighted by molar-refractivity contribution is -0.119. The number of aromatic nitrogens is 3. The Morgan fingerprint density at radius 1 is 1.35 bits per heavy atom. The molecule has 1 saturated carbocycles. The van der Waals surface area contributed by atoms with Crippen LogP contribution in [0, 0.1) is 5.92 Å². The molecule has 2 aromatic rings. The van der Waals surface area contributed by atoms with E-state index in [0.717, 1.165) is 12.0 Å². The molecule has 0 saturated heterocycles. The predicted molar refractivity (Wildman–Crippen MR) is 102 cm³/mol. The molecule has 1 aromatic heterocycles. The number of rotatable bonds is 6. The van der Waals surface area contributed by atoms with E-state index < -0.39 is 0 Å². The zero-order chi connectivity index (χ0) is 18.5. The first kappa shape index (κ1) is 18.6. The van der Waals surface area contributed by atoms with Gasteiger partial charge in [0.05, 0.1) is 18.4 Å². The van der Waals surface area contributed by atoms with Gasteiger partial charge in [-0.2, -0.15) is 0 Å². The van der Waals surface area contributed by atoms with Crippen LogP contribution in [-0.2, 0) is 4.79 Å². The first-order valence-electron chi connectivity index (χ1n) is 8.86. The third-order valence-electron chi connectivity index (χ3n) is 4.80.